The standard InChI is InChI=1S/C43H28N2OSe/c1-3-12-29(13-4-1)31-16-9-18-33(26-31)45(34-19-10-17-32(27-34)30-14-5-2-6-15-30)35-24-25-36-41(28-35)47-40-23-11-20-37(42(36)40)43-44-38-21-7-8-22-39(38)46-43/h1-28H. The van der Waals surface area contributed by atoms with Crippen LogP contribution in [0.25, 0.3) is 64.1 Å². The molecule has 0 saturated heterocycles. The number of nitrogens with zero attached hydrogens (tertiary/aromatic N) is 2. The van der Waals surface area contributed by atoms with Gasteiger partial charge in [-0.15, -0.1) is 0 Å². The Balaban J connectivity index is 1.22. The fraction of sp³-hybridized carbons (Fsp3) is 0. The monoisotopic (exact) mass is 668 g/mol. The van der Waals surface area contributed by atoms with Crippen LogP contribution in [-0.2, 0) is 0 Å². The summed E-state index contributed by atoms with van der Waals surface area (Å²) in [4.78, 5) is 7.25. The van der Waals surface area contributed by atoms with Gasteiger partial charge in [0.2, 0.25) is 0 Å². The van der Waals surface area contributed by atoms with Gasteiger partial charge < -0.3 is 0 Å². The van der Waals surface area contributed by atoms with Crippen molar-refractivity contribution in [2.45, 2.75) is 0 Å². The van der Waals surface area contributed by atoms with Crippen LogP contribution in [0.5, 0.6) is 0 Å². The minimum absolute atomic E-state index is 0.145. The van der Waals surface area contributed by atoms with Gasteiger partial charge in [-0.2, -0.15) is 0 Å². The molecule has 4 heteroatoms. The molecule has 0 radical (unpaired) electrons. The molecule has 0 N–H and O–H groups in total. The summed E-state index contributed by atoms with van der Waals surface area (Å²) in [5.74, 6) is 0.674. The molecule has 9 rings (SSSR count). The average Bonchev–Trinajstić information content (AvgIpc) is 3.74. The van der Waals surface area contributed by atoms with Gasteiger partial charge >= 0.3 is 280 Å². The van der Waals surface area contributed by atoms with E-state index in [1.54, 1.807) is 0 Å². The average molecular weight is 668 g/mol. The molecular weight excluding hydrogens is 639 g/mol. The second-order valence-electron chi connectivity index (χ2n) is 11.6. The van der Waals surface area contributed by atoms with E-state index in [4.69, 9.17) is 9.40 Å². The van der Waals surface area contributed by atoms with Gasteiger partial charge in [0.25, 0.3) is 0 Å². The fourth-order valence-corrected chi connectivity index (χ4v) is 8.92. The van der Waals surface area contributed by atoms with Crippen molar-refractivity contribution in [1.82, 2.24) is 4.98 Å². The summed E-state index contributed by atoms with van der Waals surface area (Å²) in [5.41, 5.74) is 10.9. The molecular formula is C43H28N2OSe. The third-order valence-electron chi connectivity index (χ3n) is 8.69. The molecule has 0 unspecified atom stereocenters. The Kier molecular flexibility index (Phi) is 6.82. The first kappa shape index (κ1) is 27.6. The number of rotatable bonds is 6. The van der Waals surface area contributed by atoms with Gasteiger partial charge in [-0.1, -0.05) is 0 Å². The van der Waals surface area contributed by atoms with Crippen LogP contribution in [0, 0.1) is 0 Å². The van der Waals surface area contributed by atoms with E-state index in [1.165, 1.54) is 41.5 Å². The molecule has 0 spiro atoms. The van der Waals surface area contributed by atoms with Crippen LogP contribution >= 0.6 is 0 Å². The third kappa shape index (κ3) is 5.05. The van der Waals surface area contributed by atoms with Crippen LogP contribution < -0.4 is 4.90 Å². The number of benzene rings is 7. The van der Waals surface area contributed by atoms with E-state index >= 15 is 0 Å². The molecule has 0 fully saturated rings. The van der Waals surface area contributed by atoms with Gasteiger partial charge in [0, 0.05) is 0 Å². The van der Waals surface area contributed by atoms with E-state index in [0.717, 1.165) is 33.7 Å². The van der Waals surface area contributed by atoms with Crippen LogP contribution in [-0.4, -0.2) is 19.5 Å². The van der Waals surface area contributed by atoms with Crippen molar-refractivity contribution >= 4 is 62.0 Å². The van der Waals surface area contributed by atoms with Crippen LogP contribution in [0.1, 0.15) is 0 Å². The molecule has 0 aliphatic carbocycles. The molecule has 0 atom stereocenters. The minimum atomic E-state index is 0.145. The van der Waals surface area contributed by atoms with Gasteiger partial charge in [-0.3, -0.25) is 0 Å². The first-order valence-corrected chi connectivity index (χ1v) is 17.4. The van der Waals surface area contributed by atoms with Crippen molar-refractivity contribution in [1.29, 1.82) is 0 Å². The number of oxazole rings is 1. The van der Waals surface area contributed by atoms with E-state index in [-0.39, 0.29) is 14.5 Å². The summed E-state index contributed by atoms with van der Waals surface area (Å²) in [7, 11) is 0. The third-order valence-corrected chi connectivity index (χ3v) is 11.0. The Morgan fingerprint density at radius 3 is 1.74 bits per heavy atom. The van der Waals surface area contributed by atoms with E-state index in [9.17, 15) is 0 Å². The molecule has 3 nitrogen and oxygen atoms in total. The normalized spacial score (nSPS) is 11.4. The molecule has 47 heavy (non-hydrogen) atoms. The maximum atomic E-state index is 6.25. The molecule has 0 bridgehead atoms. The Morgan fingerprint density at radius 2 is 1.06 bits per heavy atom. The summed E-state index contributed by atoms with van der Waals surface area (Å²) in [6.07, 6.45) is 0. The number of anilines is 3. The van der Waals surface area contributed by atoms with Crippen molar-refractivity contribution in [2.24, 2.45) is 0 Å². The first-order valence-electron chi connectivity index (χ1n) is 15.7. The quantitative estimate of drug-likeness (QED) is 0.165. The predicted molar refractivity (Wildman–Crippen MR) is 197 cm³/mol. The van der Waals surface area contributed by atoms with E-state index in [1.807, 2.05) is 24.3 Å². The molecule has 0 aliphatic heterocycles. The molecule has 0 aliphatic rings. The molecule has 2 heterocycles. The molecule has 0 amide bonds. The zero-order valence-electron chi connectivity index (χ0n) is 25.4. The summed E-state index contributed by atoms with van der Waals surface area (Å²) in [6, 6.07) is 60.3. The predicted octanol–water partition coefficient (Wildman–Crippen LogP) is 11.7. The number of para-hydroxylation sites is 2. The fourth-order valence-electron chi connectivity index (χ4n) is 6.48. The number of hydrogen-bond donors (Lipinski definition) is 0. The Bertz CT molecular complexity index is 2420. The number of fused-ring (bicyclic) bond motifs is 4. The van der Waals surface area contributed by atoms with E-state index in [2.05, 4.69) is 150 Å². The van der Waals surface area contributed by atoms with Crippen LogP contribution in [0.2, 0.25) is 0 Å². The second kappa shape index (κ2) is 11.6. The molecule has 2 aromatic heterocycles. The van der Waals surface area contributed by atoms with Crippen molar-refractivity contribution in [3.05, 3.63) is 170 Å². The van der Waals surface area contributed by atoms with Crippen molar-refractivity contribution < 1.29 is 4.42 Å². The number of hydrogen-bond acceptors (Lipinski definition) is 3. The van der Waals surface area contributed by atoms with Gasteiger partial charge in [0.05, 0.1) is 0 Å². The topological polar surface area (TPSA) is 29.3 Å². The molecule has 0 saturated carbocycles. The summed E-state index contributed by atoms with van der Waals surface area (Å²) < 4.78 is 8.97. The summed E-state index contributed by atoms with van der Waals surface area (Å²) >= 11 is 0.145. The van der Waals surface area contributed by atoms with Gasteiger partial charge in [-0.05, 0) is 0 Å². The second-order valence-corrected chi connectivity index (χ2v) is 13.9. The zero-order valence-corrected chi connectivity index (χ0v) is 27.1. The van der Waals surface area contributed by atoms with Crippen molar-refractivity contribution in [3.8, 4) is 33.7 Å². The Morgan fingerprint density at radius 1 is 0.468 bits per heavy atom. The van der Waals surface area contributed by atoms with Gasteiger partial charge in [0.1, 0.15) is 0 Å². The van der Waals surface area contributed by atoms with Crippen molar-refractivity contribution in [2.75, 3.05) is 4.90 Å². The van der Waals surface area contributed by atoms with Crippen molar-refractivity contribution in [3.63, 3.8) is 0 Å². The van der Waals surface area contributed by atoms with Crippen LogP contribution in [0.15, 0.2) is 174 Å². The van der Waals surface area contributed by atoms with E-state index in [0.29, 0.717) is 5.89 Å². The first-order chi connectivity index (χ1) is 23.3. The summed E-state index contributed by atoms with van der Waals surface area (Å²) in [6.45, 7) is 0. The van der Waals surface area contributed by atoms with Crippen LogP contribution in [0.4, 0.5) is 17.1 Å². The number of aromatic nitrogens is 1. The Hall–Kier alpha value is -5.67. The van der Waals surface area contributed by atoms with E-state index < -0.39 is 0 Å². The van der Waals surface area contributed by atoms with Crippen LogP contribution in [0.3, 0.4) is 0 Å². The zero-order chi connectivity index (χ0) is 31.2. The maximum absolute atomic E-state index is 6.25. The van der Waals surface area contributed by atoms with Gasteiger partial charge in [-0.25, -0.2) is 0 Å². The molecule has 7 aromatic carbocycles. The SMILES string of the molecule is c1ccc(-c2cccc(N(c3cccc(-c4ccccc4)c3)c3ccc4c(c3)[se]c3cccc(-c5nc6ccccc6o5)c34)c2)cc1. The molecule has 9 aromatic rings. The Labute approximate surface area is 278 Å². The van der Waals surface area contributed by atoms with Gasteiger partial charge in [0.15, 0.2) is 0 Å². The molecule has 222 valence electrons. The summed E-state index contributed by atoms with van der Waals surface area (Å²) in [5, 5.41) is 2.50.